The van der Waals surface area contributed by atoms with Crippen LogP contribution in [-0.2, 0) is 0 Å². The molecule has 3 heteroatoms. The molecular formula is C10H10N2S. The predicted molar refractivity (Wildman–Crippen MR) is 61.2 cm³/mol. The minimum atomic E-state index is 0.772. The van der Waals surface area contributed by atoms with E-state index in [1.807, 2.05) is 23.7 Å². The van der Waals surface area contributed by atoms with Gasteiger partial charge in [0.15, 0.2) is 0 Å². The van der Waals surface area contributed by atoms with Crippen LogP contribution in [0.2, 0.25) is 0 Å². The molecule has 13 heavy (non-hydrogen) atoms. The highest BCUT2D eigenvalue weighted by molar-refractivity contribution is 8.01. The van der Waals surface area contributed by atoms with Gasteiger partial charge in [0.2, 0.25) is 0 Å². The van der Waals surface area contributed by atoms with Gasteiger partial charge in [-0.3, -0.25) is 0 Å². The summed E-state index contributed by atoms with van der Waals surface area (Å²) in [5.41, 5.74) is 3.74. The quantitative estimate of drug-likeness (QED) is 0.361. The highest BCUT2D eigenvalue weighted by atomic mass is 32.1. The lowest BCUT2D eigenvalue weighted by Gasteiger charge is -2.09. The third-order valence-electron chi connectivity index (χ3n) is 1.96. The number of nitrogens with zero attached hydrogens (tertiary/aromatic N) is 1. The van der Waals surface area contributed by atoms with E-state index in [9.17, 15) is 0 Å². The molecule has 1 aliphatic heterocycles. The summed E-state index contributed by atoms with van der Waals surface area (Å²) < 4.78 is 0. The van der Waals surface area contributed by atoms with Gasteiger partial charge in [-0.25, -0.2) is 4.99 Å². The fourth-order valence-corrected chi connectivity index (χ4v) is 2.18. The van der Waals surface area contributed by atoms with Crippen molar-refractivity contribution in [1.82, 2.24) is 0 Å². The zero-order chi connectivity index (χ0) is 9.10. The Labute approximate surface area is 80.9 Å². The normalized spacial score (nSPS) is 20.2. The second-order valence-electron chi connectivity index (χ2n) is 2.76. The summed E-state index contributed by atoms with van der Waals surface area (Å²) >= 11 is 1.16. The topological polar surface area (TPSA) is 36.2 Å². The smallest absolute Gasteiger partial charge is 0.0891 e. The molecule has 2 nitrogen and oxygen atoms in total. The Morgan fingerprint density at radius 1 is 1.46 bits per heavy atom. The van der Waals surface area contributed by atoms with Crippen molar-refractivity contribution in [3.05, 3.63) is 34.8 Å². The molecule has 0 saturated heterocycles. The number of thiol groups is 1. The summed E-state index contributed by atoms with van der Waals surface area (Å²) in [4.78, 5) is 5.51. The fourth-order valence-electron chi connectivity index (χ4n) is 1.32. The van der Waals surface area contributed by atoms with E-state index in [0.29, 0.717) is 0 Å². The third-order valence-corrected chi connectivity index (χ3v) is 2.92. The average Bonchev–Trinajstić information content (AvgIpc) is 2.41. The second-order valence-corrected chi connectivity index (χ2v) is 3.78. The fraction of sp³-hybridized carbons (Fsp3) is 0.100. The summed E-state index contributed by atoms with van der Waals surface area (Å²) in [7, 11) is 0. The van der Waals surface area contributed by atoms with Crippen LogP contribution in [0.3, 0.4) is 0 Å². The maximum absolute atomic E-state index is 7.22. The molecule has 66 valence electrons. The van der Waals surface area contributed by atoms with Crippen LogP contribution in [0.4, 0.5) is 0 Å². The lowest BCUT2D eigenvalue weighted by atomic mass is 10.1. The van der Waals surface area contributed by atoms with Gasteiger partial charge in [0, 0.05) is 11.8 Å². The van der Waals surface area contributed by atoms with Crippen molar-refractivity contribution in [2.75, 3.05) is 0 Å². The van der Waals surface area contributed by atoms with Gasteiger partial charge < -0.3 is 5.41 Å². The van der Waals surface area contributed by atoms with Crippen LogP contribution in [0.5, 0.6) is 0 Å². The van der Waals surface area contributed by atoms with Crippen molar-refractivity contribution in [2.45, 2.75) is 6.42 Å². The Morgan fingerprint density at radius 3 is 3.23 bits per heavy atom. The maximum atomic E-state index is 7.22. The third kappa shape index (κ3) is 1.60. The number of aliphatic imine (C=N–C) groups is 1. The molecule has 0 atom stereocenters. The molecule has 2 aliphatic rings. The monoisotopic (exact) mass is 190 g/mol. The first-order chi connectivity index (χ1) is 6.42. The van der Waals surface area contributed by atoms with Crippen LogP contribution < -0.4 is 0 Å². The van der Waals surface area contributed by atoms with Gasteiger partial charge in [0.1, 0.15) is 0 Å². The van der Waals surface area contributed by atoms with Crippen molar-refractivity contribution in [3.63, 3.8) is 0 Å². The van der Waals surface area contributed by atoms with Crippen LogP contribution in [0, 0.1) is 5.41 Å². The van der Waals surface area contributed by atoms with Gasteiger partial charge in [-0.1, -0.05) is 24.3 Å². The molecule has 1 aliphatic carbocycles. The van der Waals surface area contributed by atoms with Crippen LogP contribution in [0.25, 0.3) is 0 Å². The Kier molecular flexibility index (Phi) is 2.36. The number of rotatable bonds is 1. The van der Waals surface area contributed by atoms with Crippen LogP contribution in [0.15, 0.2) is 39.8 Å². The molecule has 1 heterocycles. The molecular weight excluding hydrogens is 180 g/mol. The zero-order valence-corrected chi connectivity index (χ0v) is 7.96. The van der Waals surface area contributed by atoms with E-state index in [1.165, 1.54) is 11.1 Å². The summed E-state index contributed by atoms with van der Waals surface area (Å²) in [5.74, 6) is 0. The Morgan fingerprint density at radius 2 is 2.38 bits per heavy atom. The Hall–Kier alpha value is -1.22. The number of hydrogen-bond donors (Lipinski definition) is 2. The molecule has 0 amide bonds. The number of nitrogens with one attached hydrogen (secondary N) is 1. The molecule has 0 radical (unpaired) electrons. The van der Waals surface area contributed by atoms with Crippen LogP contribution >= 0.6 is 11.4 Å². The highest BCUT2D eigenvalue weighted by Crippen LogP contribution is 2.24. The van der Waals surface area contributed by atoms with Gasteiger partial charge in [-0.15, -0.1) is 0 Å². The number of hydrogen-bond acceptors (Lipinski definition) is 2. The first kappa shape index (κ1) is 8.38. The Balaban J connectivity index is 2.49. The van der Waals surface area contributed by atoms with E-state index in [2.05, 4.69) is 11.1 Å². The summed E-state index contributed by atoms with van der Waals surface area (Å²) in [6, 6.07) is 0. The van der Waals surface area contributed by atoms with E-state index in [0.717, 1.165) is 29.1 Å². The minimum Gasteiger partial charge on any atom is -0.306 e. The minimum absolute atomic E-state index is 0.772. The lowest BCUT2D eigenvalue weighted by molar-refractivity contribution is 1.36. The molecule has 0 aromatic carbocycles. The zero-order valence-electron chi connectivity index (χ0n) is 7.07. The first-order valence-electron chi connectivity index (χ1n) is 4.09. The summed E-state index contributed by atoms with van der Waals surface area (Å²) in [6.45, 7) is 0. The van der Waals surface area contributed by atoms with Gasteiger partial charge in [0.25, 0.3) is 0 Å². The van der Waals surface area contributed by atoms with Crippen LogP contribution in [-0.4, -0.2) is 17.4 Å². The summed E-state index contributed by atoms with van der Waals surface area (Å²) in [6.07, 6.45) is 10.5. The molecule has 0 saturated carbocycles. The SMILES string of the molecule is N=CC1=NC=[SH]C2=C1C=CC=CC2. The standard InChI is InChI=1S/C10H10N2S/c11-6-9-8-4-2-1-3-5-10(8)13-7-12-9/h1-4,6-7,11,13H,5H2. The second kappa shape index (κ2) is 3.66. The summed E-state index contributed by atoms with van der Waals surface area (Å²) in [5, 5.41) is 7.22. The van der Waals surface area contributed by atoms with E-state index >= 15 is 0 Å². The van der Waals surface area contributed by atoms with Crippen LogP contribution in [0.1, 0.15) is 6.42 Å². The van der Waals surface area contributed by atoms with E-state index < -0.39 is 0 Å². The molecule has 0 aromatic rings. The first-order valence-corrected chi connectivity index (χ1v) is 5.06. The van der Waals surface area contributed by atoms with Gasteiger partial charge in [-0.2, -0.15) is 11.4 Å². The predicted octanol–water partition coefficient (Wildman–Crippen LogP) is 2.09. The largest absolute Gasteiger partial charge is 0.306 e. The van der Waals surface area contributed by atoms with Crippen molar-refractivity contribution in [3.8, 4) is 0 Å². The molecule has 1 N–H and O–H groups in total. The Bertz CT molecular complexity index is 384. The van der Waals surface area contributed by atoms with Crippen molar-refractivity contribution in [2.24, 2.45) is 4.99 Å². The molecule has 0 bridgehead atoms. The lowest BCUT2D eigenvalue weighted by Crippen LogP contribution is -2.06. The highest BCUT2D eigenvalue weighted by Gasteiger charge is 2.09. The van der Waals surface area contributed by atoms with Crippen molar-refractivity contribution in [1.29, 1.82) is 5.41 Å². The maximum Gasteiger partial charge on any atom is 0.0891 e. The average molecular weight is 190 g/mol. The van der Waals surface area contributed by atoms with Gasteiger partial charge in [-0.05, 0) is 11.3 Å². The molecule has 2 rings (SSSR count). The molecule has 0 fully saturated rings. The van der Waals surface area contributed by atoms with Gasteiger partial charge >= 0.3 is 0 Å². The van der Waals surface area contributed by atoms with Gasteiger partial charge in [0.05, 0.1) is 11.2 Å². The molecule has 0 spiro atoms. The van der Waals surface area contributed by atoms with E-state index in [4.69, 9.17) is 5.41 Å². The number of allylic oxidation sites excluding steroid dienone is 6. The van der Waals surface area contributed by atoms with E-state index in [-0.39, 0.29) is 0 Å². The molecule has 0 unspecified atom stereocenters. The van der Waals surface area contributed by atoms with Crippen molar-refractivity contribution >= 4 is 28.8 Å². The van der Waals surface area contributed by atoms with E-state index in [1.54, 1.807) is 0 Å². The molecule has 0 aromatic heterocycles. The van der Waals surface area contributed by atoms with Crippen molar-refractivity contribution < 1.29 is 0 Å².